The van der Waals surface area contributed by atoms with Crippen LogP contribution in [0.4, 0.5) is 18.9 Å². The maximum Gasteiger partial charge on any atom is 0.416 e. The van der Waals surface area contributed by atoms with Crippen LogP contribution in [0.25, 0.3) is 0 Å². The molecular weight excluding hydrogens is 235 g/mol. The molecule has 0 bridgehead atoms. The van der Waals surface area contributed by atoms with Crippen molar-refractivity contribution in [3.63, 3.8) is 0 Å². The SMILES string of the molecule is O=C(O)CC1Cc2ccc(C(F)(F)F)cc2N1. The largest absolute Gasteiger partial charge is 0.481 e. The van der Waals surface area contributed by atoms with Gasteiger partial charge in [0.1, 0.15) is 0 Å². The van der Waals surface area contributed by atoms with E-state index in [-0.39, 0.29) is 12.5 Å². The van der Waals surface area contributed by atoms with Crippen LogP contribution >= 0.6 is 0 Å². The van der Waals surface area contributed by atoms with E-state index in [0.717, 1.165) is 17.7 Å². The Morgan fingerprint density at radius 2 is 2.18 bits per heavy atom. The van der Waals surface area contributed by atoms with E-state index in [1.807, 2.05) is 0 Å². The van der Waals surface area contributed by atoms with Gasteiger partial charge in [0.05, 0.1) is 12.0 Å². The normalized spacial score (nSPS) is 18.6. The summed E-state index contributed by atoms with van der Waals surface area (Å²) in [5.74, 6) is -0.966. The van der Waals surface area contributed by atoms with Crippen LogP contribution in [0.15, 0.2) is 18.2 Å². The lowest BCUT2D eigenvalue weighted by atomic mass is 10.1. The first-order chi connectivity index (χ1) is 7.86. The summed E-state index contributed by atoms with van der Waals surface area (Å²) in [7, 11) is 0. The standard InChI is InChI=1S/C11H10F3NO2/c12-11(13,14)7-2-1-6-3-8(5-10(16)17)15-9(6)4-7/h1-2,4,8,15H,3,5H2,(H,16,17). The number of nitrogens with one attached hydrogen (secondary N) is 1. The first-order valence-electron chi connectivity index (χ1n) is 5.04. The van der Waals surface area contributed by atoms with Crippen molar-refractivity contribution in [1.29, 1.82) is 0 Å². The molecule has 0 aliphatic carbocycles. The summed E-state index contributed by atoms with van der Waals surface area (Å²) < 4.78 is 37.3. The van der Waals surface area contributed by atoms with E-state index >= 15 is 0 Å². The summed E-state index contributed by atoms with van der Waals surface area (Å²) in [4.78, 5) is 10.5. The maximum absolute atomic E-state index is 12.4. The molecule has 1 heterocycles. The van der Waals surface area contributed by atoms with Crippen LogP contribution in [0.5, 0.6) is 0 Å². The number of carboxylic acid groups (broad SMARTS) is 1. The molecule has 1 unspecified atom stereocenters. The van der Waals surface area contributed by atoms with Crippen LogP contribution in [0.1, 0.15) is 17.5 Å². The van der Waals surface area contributed by atoms with Gasteiger partial charge in [-0.25, -0.2) is 0 Å². The summed E-state index contributed by atoms with van der Waals surface area (Å²) in [5.41, 5.74) is 0.384. The van der Waals surface area contributed by atoms with Gasteiger partial charge in [-0.1, -0.05) is 6.07 Å². The molecule has 0 aromatic heterocycles. The number of benzene rings is 1. The molecule has 0 saturated heterocycles. The Kier molecular flexibility index (Phi) is 2.73. The monoisotopic (exact) mass is 245 g/mol. The molecule has 17 heavy (non-hydrogen) atoms. The van der Waals surface area contributed by atoms with Crippen LogP contribution in [-0.2, 0) is 17.4 Å². The van der Waals surface area contributed by atoms with Crippen molar-refractivity contribution >= 4 is 11.7 Å². The van der Waals surface area contributed by atoms with Crippen molar-refractivity contribution in [1.82, 2.24) is 0 Å². The lowest BCUT2D eigenvalue weighted by Crippen LogP contribution is -2.19. The molecule has 1 atom stereocenters. The van der Waals surface area contributed by atoms with Crippen molar-refractivity contribution in [2.45, 2.75) is 25.1 Å². The lowest BCUT2D eigenvalue weighted by molar-refractivity contribution is -0.138. The van der Waals surface area contributed by atoms with Gasteiger partial charge in [0, 0.05) is 11.7 Å². The highest BCUT2D eigenvalue weighted by atomic mass is 19.4. The Bertz CT molecular complexity index is 457. The lowest BCUT2D eigenvalue weighted by Gasteiger charge is -2.09. The van der Waals surface area contributed by atoms with E-state index in [9.17, 15) is 18.0 Å². The number of carboxylic acids is 1. The van der Waals surface area contributed by atoms with Gasteiger partial charge in [-0.15, -0.1) is 0 Å². The highest BCUT2D eigenvalue weighted by Gasteiger charge is 2.32. The topological polar surface area (TPSA) is 49.3 Å². The van der Waals surface area contributed by atoms with Crippen molar-refractivity contribution in [2.75, 3.05) is 5.32 Å². The fraction of sp³-hybridized carbons (Fsp3) is 0.364. The van der Waals surface area contributed by atoms with E-state index in [2.05, 4.69) is 5.32 Å². The molecule has 1 aromatic rings. The molecule has 0 radical (unpaired) electrons. The van der Waals surface area contributed by atoms with Gasteiger partial charge in [0.2, 0.25) is 0 Å². The second-order valence-electron chi connectivity index (χ2n) is 4.01. The van der Waals surface area contributed by atoms with Gasteiger partial charge in [-0.2, -0.15) is 13.2 Å². The van der Waals surface area contributed by atoms with E-state index in [4.69, 9.17) is 5.11 Å². The zero-order valence-electron chi connectivity index (χ0n) is 8.71. The number of rotatable bonds is 2. The van der Waals surface area contributed by atoms with Crippen LogP contribution in [-0.4, -0.2) is 17.1 Å². The Morgan fingerprint density at radius 3 is 2.76 bits per heavy atom. The van der Waals surface area contributed by atoms with Crippen LogP contribution < -0.4 is 5.32 Å². The average Bonchev–Trinajstić information content (AvgIpc) is 2.55. The highest BCUT2D eigenvalue weighted by Crippen LogP contribution is 2.35. The average molecular weight is 245 g/mol. The maximum atomic E-state index is 12.4. The molecule has 2 rings (SSSR count). The van der Waals surface area contributed by atoms with Crippen molar-refractivity contribution in [2.24, 2.45) is 0 Å². The molecule has 1 aliphatic heterocycles. The van der Waals surface area contributed by atoms with Crippen molar-refractivity contribution < 1.29 is 23.1 Å². The van der Waals surface area contributed by atoms with Gasteiger partial charge in [-0.3, -0.25) is 4.79 Å². The van der Waals surface area contributed by atoms with Gasteiger partial charge < -0.3 is 10.4 Å². The fourth-order valence-electron chi connectivity index (χ4n) is 1.94. The van der Waals surface area contributed by atoms with Gasteiger partial charge in [-0.05, 0) is 24.1 Å². The third kappa shape index (κ3) is 2.51. The quantitative estimate of drug-likeness (QED) is 0.841. The summed E-state index contributed by atoms with van der Waals surface area (Å²) in [5, 5.41) is 11.4. The summed E-state index contributed by atoms with van der Waals surface area (Å²) in [6, 6.07) is 3.11. The van der Waals surface area contributed by atoms with Gasteiger partial charge in [0.15, 0.2) is 0 Å². The Labute approximate surface area is 95.3 Å². The second kappa shape index (κ2) is 3.94. The molecule has 0 amide bonds. The van der Waals surface area contributed by atoms with Gasteiger partial charge in [0.25, 0.3) is 0 Å². The molecule has 6 heteroatoms. The number of alkyl halides is 3. The van der Waals surface area contributed by atoms with Gasteiger partial charge >= 0.3 is 12.1 Å². The minimum atomic E-state index is -4.37. The predicted molar refractivity (Wildman–Crippen MR) is 54.8 cm³/mol. The number of carbonyl (C=O) groups is 1. The molecule has 3 nitrogen and oxygen atoms in total. The second-order valence-corrected chi connectivity index (χ2v) is 4.01. The molecule has 1 aliphatic rings. The highest BCUT2D eigenvalue weighted by molar-refractivity contribution is 5.70. The minimum Gasteiger partial charge on any atom is -0.481 e. The summed E-state index contributed by atoms with van der Waals surface area (Å²) in [6.07, 6.45) is -4.03. The molecule has 2 N–H and O–H groups in total. The molecule has 1 aromatic carbocycles. The van der Waals surface area contributed by atoms with Crippen molar-refractivity contribution in [3.05, 3.63) is 29.3 Å². The number of anilines is 1. The molecule has 0 spiro atoms. The Morgan fingerprint density at radius 1 is 1.47 bits per heavy atom. The zero-order valence-corrected chi connectivity index (χ0v) is 8.71. The van der Waals surface area contributed by atoms with Crippen LogP contribution in [0.3, 0.4) is 0 Å². The minimum absolute atomic E-state index is 0.101. The van der Waals surface area contributed by atoms with E-state index in [0.29, 0.717) is 12.1 Å². The predicted octanol–water partition coefficient (Wildman–Crippen LogP) is 2.52. The van der Waals surface area contributed by atoms with E-state index in [1.165, 1.54) is 6.07 Å². The first-order valence-corrected chi connectivity index (χ1v) is 5.04. The summed E-state index contributed by atoms with van der Waals surface area (Å²) >= 11 is 0. The number of halogens is 3. The zero-order chi connectivity index (χ0) is 12.6. The van der Waals surface area contributed by atoms with E-state index < -0.39 is 17.7 Å². The van der Waals surface area contributed by atoms with E-state index in [1.54, 1.807) is 0 Å². The summed E-state index contributed by atoms with van der Waals surface area (Å²) in [6.45, 7) is 0. The molecule has 0 fully saturated rings. The smallest absolute Gasteiger partial charge is 0.416 e. The fourth-order valence-corrected chi connectivity index (χ4v) is 1.94. The van der Waals surface area contributed by atoms with Crippen LogP contribution in [0.2, 0.25) is 0 Å². The molecule has 92 valence electrons. The third-order valence-electron chi connectivity index (χ3n) is 2.68. The molecular formula is C11H10F3NO2. The molecule has 0 saturated carbocycles. The number of fused-ring (bicyclic) bond motifs is 1. The number of hydrogen-bond donors (Lipinski definition) is 2. The van der Waals surface area contributed by atoms with Crippen LogP contribution in [0, 0.1) is 0 Å². The third-order valence-corrected chi connectivity index (χ3v) is 2.68. The Balaban J connectivity index is 2.19. The number of hydrogen-bond acceptors (Lipinski definition) is 2. The Hall–Kier alpha value is -1.72. The first kappa shape index (κ1) is 11.8. The number of aliphatic carboxylic acids is 1. The van der Waals surface area contributed by atoms with Crippen molar-refractivity contribution in [3.8, 4) is 0 Å².